The van der Waals surface area contributed by atoms with Crippen LogP contribution in [0.15, 0.2) is 97.1 Å². The molecule has 4 aromatic rings. The average molecular weight is 438 g/mol. The second-order valence-electron chi connectivity index (χ2n) is 8.70. The molecular weight excluding hydrogens is 408 g/mol. The first-order valence-electron chi connectivity index (χ1n) is 10.9. The van der Waals surface area contributed by atoms with E-state index in [1.807, 2.05) is 117 Å². The zero-order valence-corrected chi connectivity index (χ0v) is 19.5. The van der Waals surface area contributed by atoms with Crippen molar-refractivity contribution < 1.29 is 10.2 Å². The molecule has 0 bridgehead atoms. The molecule has 0 heterocycles. The molecule has 0 unspecified atom stereocenters. The molecule has 0 fully saturated rings. The fraction of sp³-hybridized carbons (Fsp3) is 0.172. The van der Waals surface area contributed by atoms with E-state index in [9.17, 15) is 10.2 Å². The van der Waals surface area contributed by atoms with Crippen LogP contribution >= 0.6 is 0 Å². The molecule has 0 aromatic heterocycles. The molecule has 4 rings (SSSR count). The van der Waals surface area contributed by atoms with Crippen LogP contribution in [0.25, 0.3) is 11.1 Å². The molecule has 0 saturated heterocycles. The van der Waals surface area contributed by atoms with Gasteiger partial charge in [-0.1, -0.05) is 72.8 Å². The van der Waals surface area contributed by atoms with Crippen LogP contribution in [0.4, 0.5) is 11.4 Å². The summed E-state index contributed by atoms with van der Waals surface area (Å²) in [5, 5.41) is 24.0. The Balaban J connectivity index is 1.81. The van der Waals surface area contributed by atoms with Gasteiger partial charge >= 0.3 is 0 Å². The summed E-state index contributed by atoms with van der Waals surface area (Å²) in [4.78, 5) is 4.07. The van der Waals surface area contributed by atoms with E-state index < -0.39 is 5.60 Å². The van der Waals surface area contributed by atoms with Crippen molar-refractivity contribution in [3.8, 4) is 16.9 Å². The molecular formula is C29H29N2O2-. The normalized spacial score (nSPS) is 11.3. The minimum atomic E-state index is -1.32. The van der Waals surface area contributed by atoms with E-state index in [-0.39, 0.29) is 5.75 Å². The number of benzene rings is 4. The Labute approximate surface area is 196 Å². The summed E-state index contributed by atoms with van der Waals surface area (Å²) in [6.45, 7) is 0. The van der Waals surface area contributed by atoms with E-state index in [0.717, 1.165) is 39.2 Å². The number of anilines is 2. The SMILES string of the molecule is CN(C)c1ccc(C(O)(c2ccc(-c3cccc([O-])c3)cc2)c2ccc(N(C)C)cc2)cc1. The quantitative estimate of drug-likeness (QED) is 0.439. The molecule has 0 atom stereocenters. The van der Waals surface area contributed by atoms with Gasteiger partial charge in [0.2, 0.25) is 0 Å². The lowest BCUT2D eigenvalue weighted by molar-refractivity contribution is -0.268. The Morgan fingerprint density at radius 3 is 1.39 bits per heavy atom. The molecule has 4 heteroatoms. The summed E-state index contributed by atoms with van der Waals surface area (Å²) < 4.78 is 0. The Morgan fingerprint density at radius 1 is 0.576 bits per heavy atom. The topological polar surface area (TPSA) is 49.8 Å². The number of hydrogen-bond acceptors (Lipinski definition) is 4. The number of nitrogens with zero attached hydrogens (tertiary/aromatic N) is 2. The largest absolute Gasteiger partial charge is 0.872 e. The maximum Gasteiger partial charge on any atom is 0.140 e. The van der Waals surface area contributed by atoms with E-state index in [0.29, 0.717) is 0 Å². The maximum atomic E-state index is 12.2. The lowest BCUT2D eigenvalue weighted by Crippen LogP contribution is -2.29. The van der Waals surface area contributed by atoms with Gasteiger partial charge in [0, 0.05) is 39.6 Å². The third-order valence-electron chi connectivity index (χ3n) is 6.07. The van der Waals surface area contributed by atoms with Crippen LogP contribution in [-0.4, -0.2) is 33.3 Å². The Kier molecular flexibility index (Phi) is 6.12. The highest BCUT2D eigenvalue weighted by Gasteiger charge is 2.34. The number of hydrogen-bond donors (Lipinski definition) is 1. The van der Waals surface area contributed by atoms with Crippen molar-refractivity contribution in [2.24, 2.45) is 0 Å². The fourth-order valence-electron chi connectivity index (χ4n) is 4.08. The lowest BCUT2D eigenvalue weighted by atomic mass is 9.80. The monoisotopic (exact) mass is 437 g/mol. The van der Waals surface area contributed by atoms with Crippen molar-refractivity contribution in [3.05, 3.63) is 114 Å². The third-order valence-corrected chi connectivity index (χ3v) is 6.07. The van der Waals surface area contributed by atoms with Crippen molar-refractivity contribution in [2.45, 2.75) is 5.60 Å². The first-order chi connectivity index (χ1) is 15.8. The Morgan fingerprint density at radius 2 is 1.00 bits per heavy atom. The summed E-state index contributed by atoms with van der Waals surface area (Å²) in [7, 11) is 7.99. The van der Waals surface area contributed by atoms with Gasteiger partial charge in [0.25, 0.3) is 0 Å². The van der Waals surface area contributed by atoms with E-state index in [4.69, 9.17) is 0 Å². The molecule has 0 aliphatic heterocycles. The summed E-state index contributed by atoms with van der Waals surface area (Å²) in [6.07, 6.45) is 0. The first-order valence-corrected chi connectivity index (χ1v) is 10.9. The Bertz CT molecular complexity index is 1160. The molecule has 4 aromatic carbocycles. The van der Waals surface area contributed by atoms with Crippen LogP contribution in [0.1, 0.15) is 16.7 Å². The number of aliphatic hydroxyl groups is 1. The minimum Gasteiger partial charge on any atom is -0.872 e. The van der Waals surface area contributed by atoms with E-state index in [1.54, 1.807) is 18.2 Å². The van der Waals surface area contributed by atoms with Crippen molar-refractivity contribution in [1.82, 2.24) is 0 Å². The molecule has 0 saturated carbocycles. The minimum absolute atomic E-state index is 0.0185. The predicted octanol–water partition coefficient (Wildman–Crippen LogP) is 4.84. The third kappa shape index (κ3) is 4.43. The molecule has 0 aliphatic carbocycles. The molecule has 1 N–H and O–H groups in total. The highest BCUT2D eigenvalue weighted by Crippen LogP contribution is 2.38. The molecule has 0 radical (unpaired) electrons. The van der Waals surface area contributed by atoms with Gasteiger partial charge in [0.15, 0.2) is 0 Å². The van der Waals surface area contributed by atoms with Crippen LogP contribution in [-0.2, 0) is 5.60 Å². The average Bonchev–Trinajstić information content (AvgIpc) is 2.84. The summed E-state index contributed by atoms with van der Waals surface area (Å²) in [6, 6.07) is 30.6. The van der Waals surface area contributed by atoms with E-state index in [1.165, 1.54) is 0 Å². The molecule has 168 valence electrons. The molecule has 0 aliphatic rings. The second-order valence-corrected chi connectivity index (χ2v) is 8.70. The van der Waals surface area contributed by atoms with Crippen LogP contribution in [0.3, 0.4) is 0 Å². The van der Waals surface area contributed by atoms with Crippen LogP contribution in [0, 0.1) is 0 Å². The maximum absolute atomic E-state index is 12.2. The Hall–Kier alpha value is -3.76. The zero-order chi connectivity index (χ0) is 23.6. The van der Waals surface area contributed by atoms with Gasteiger partial charge < -0.3 is 20.0 Å². The van der Waals surface area contributed by atoms with Gasteiger partial charge in [-0.2, -0.15) is 0 Å². The second kappa shape index (κ2) is 9.00. The van der Waals surface area contributed by atoms with E-state index in [2.05, 4.69) is 0 Å². The summed E-state index contributed by atoms with van der Waals surface area (Å²) in [5.41, 5.74) is 4.95. The predicted molar refractivity (Wildman–Crippen MR) is 135 cm³/mol. The van der Waals surface area contributed by atoms with Gasteiger partial charge in [-0.3, -0.25) is 0 Å². The fourth-order valence-corrected chi connectivity index (χ4v) is 4.08. The number of rotatable bonds is 6. The van der Waals surface area contributed by atoms with Crippen LogP contribution < -0.4 is 14.9 Å². The smallest absolute Gasteiger partial charge is 0.140 e. The lowest BCUT2D eigenvalue weighted by Gasteiger charge is -2.31. The van der Waals surface area contributed by atoms with Crippen LogP contribution in [0.5, 0.6) is 5.75 Å². The van der Waals surface area contributed by atoms with Gasteiger partial charge in [0.1, 0.15) is 5.60 Å². The van der Waals surface area contributed by atoms with E-state index >= 15 is 0 Å². The molecule has 4 nitrogen and oxygen atoms in total. The van der Waals surface area contributed by atoms with Gasteiger partial charge in [-0.15, -0.1) is 5.75 Å². The van der Waals surface area contributed by atoms with Crippen molar-refractivity contribution in [2.75, 3.05) is 38.0 Å². The van der Waals surface area contributed by atoms with Crippen molar-refractivity contribution in [3.63, 3.8) is 0 Å². The molecule has 33 heavy (non-hydrogen) atoms. The first kappa shape index (κ1) is 22.4. The summed E-state index contributed by atoms with van der Waals surface area (Å²) in [5.74, 6) is -0.0185. The van der Waals surface area contributed by atoms with Crippen molar-refractivity contribution >= 4 is 11.4 Å². The van der Waals surface area contributed by atoms with Crippen molar-refractivity contribution in [1.29, 1.82) is 0 Å². The highest BCUT2D eigenvalue weighted by atomic mass is 16.3. The van der Waals surface area contributed by atoms with Gasteiger partial charge in [0.05, 0.1) is 0 Å². The van der Waals surface area contributed by atoms with Gasteiger partial charge in [-0.25, -0.2) is 0 Å². The summed E-state index contributed by atoms with van der Waals surface area (Å²) >= 11 is 0. The zero-order valence-electron chi connectivity index (χ0n) is 19.5. The molecule has 0 amide bonds. The van der Waals surface area contributed by atoms with Gasteiger partial charge in [-0.05, 0) is 52.1 Å². The molecule has 0 spiro atoms. The van der Waals surface area contributed by atoms with Crippen LogP contribution in [0.2, 0.25) is 0 Å². The standard InChI is InChI=1S/C29H30N2O2/c1-30(2)26-16-12-24(13-17-26)29(33,25-14-18-27(19-15-25)31(3)4)23-10-8-21(9-11-23)22-6-5-7-28(32)20-22/h5-20,32-33H,1-4H3/p-1. The highest BCUT2D eigenvalue weighted by molar-refractivity contribution is 5.66.